The Bertz CT molecular complexity index is 363. The van der Waals surface area contributed by atoms with Crippen LogP contribution in [0.1, 0.15) is 117 Å². The topological polar surface area (TPSA) is 67.2 Å². The van der Waals surface area contributed by atoms with Gasteiger partial charge >= 0.3 is 0 Å². The lowest BCUT2D eigenvalue weighted by molar-refractivity contribution is 0.0946. The Kier molecular flexibility index (Phi) is 34.5. The van der Waals surface area contributed by atoms with Crippen molar-refractivity contribution < 1.29 is 24.7 Å². The minimum absolute atomic E-state index is 0. The van der Waals surface area contributed by atoms with E-state index in [1.165, 1.54) is 103 Å². The standard InChI is InChI=1S/C27H58N2O3.2FH/c1-3-4-5-6-7-8-9-10-11-12-13-14-15-16-17-18-19-28(20-23-30)26-27(2)29(21-24-31)22-25-32;;/h27,30-32H,3-26H2,1-2H3;2*1H. The Hall–Kier alpha value is -0.340. The van der Waals surface area contributed by atoms with Gasteiger partial charge in [0, 0.05) is 32.2 Å². The van der Waals surface area contributed by atoms with Crippen LogP contribution in [-0.4, -0.2) is 83.7 Å². The summed E-state index contributed by atoms with van der Waals surface area (Å²) in [4.78, 5) is 4.45. The van der Waals surface area contributed by atoms with Crippen LogP contribution in [0.5, 0.6) is 0 Å². The summed E-state index contributed by atoms with van der Waals surface area (Å²) in [5, 5.41) is 27.9. The van der Waals surface area contributed by atoms with Crippen molar-refractivity contribution in [2.24, 2.45) is 0 Å². The van der Waals surface area contributed by atoms with Crippen LogP contribution < -0.4 is 0 Å². The van der Waals surface area contributed by atoms with Crippen LogP contribution in [0.4, 0.5) is 9.41 Å². The zero-order chi connectivity index (χ0) is 23.7. The number of hydrogen-bond donors (Lipinski definition) is 3. The third-order valence-corrected chi connectivity index (χ3v) is 6.66. The maximum atomic E-state index is 9.39. The Morgan fingerprint density at radius 2 is 0.853 bits per heavy atom. The lowest BCUT2D eigenvalue weighted by atomic mass is 10.0. The fraction of sp³-hybridized carbons (Fsp3) is 1.00. The second-order valence-electron chi connectivity index (χ2n) is 9.66. The van der Waals surface area contributed by atoms with Crippen molar-refractivity contribution in [2.45, 2.75) is 123 Å². The van der Waals surface area contributed by atoms with Gasteiger partial charge in [-0.25, -0.2) is 0 Å². The van der Waals surface area contributed by atoms with Crippen LogP contribution >= 0.6 is 0 Å². The first-order valence-corrected chi connectivity index (χ1v) is 14.0. The summed E-state index contributed by atoms with van der Waals surface area (Å²) < 4.78 is 0. The quantitative estimate of drug-likeness (QED) is 0.137. The van der Waals surface area contributed by atoms with Crippen LogP contribution in [0.15, 0.2) is 0 Å². The molecule has 0 saturated carbocycles. The molecular formula is C27H60F2N2O3. The number of aliphatic hydroxyl groups excluding tert-OH is 3. The van der Waals surface area contributed by atoms with Crippen molar-refractivity contribution in [2.75, 3.05) is 52.5 Å². The Morgan fingerprint density at radius 3 is 1.21 bits per heavy atom. The molecule has 210 valence electrons. The molecule has 0 radical (unpaired) electrons. The van der Waals surface area contributed by atoms with Crippen molar-refractivity contribution in [3.05, 3.63) is 0 Å². The lowest BCUT2D eigenvalue weighted by Gasteiger charge is -2.32. The smallest absolute Gasteiger partial charge is 0.0558 e. The molecule has 0 fully saturated rings. The van der Waals surface area contributed by atoms with Crippen LogP contribution in [0.2, 0.25) is 0 Å². The molecule has 0 amide bonds. The molecule has 0 heterocycles. The molecule has 1 atom stereocenters. The van der Waals surface area contributed by atoms with Crippen molar-refractivity contribution in [1.29, 1.82) is 0 Å². The fourth-order valence-corrected chi connectivity index (χ4v) is 4.62. The highest BCUT2D eigenvalue weighted by atomic mass is 19.0. The molecule has 0 bridgehead atoms. The first kappa shape index (κ1) is 38.2. The molecule has 0 aromatic heterocycles. The van der Waals surface area contributed by atoms with Crippen molar-refractivity contribution in [3.63, 3.8) is 0 Å². The number of unbranched alkanes of at least 4 members (excludes halogenated alkanes) is 15. The third kappa shape index (κ3) is 24.8. The van der Waals surface area contributed by atoms with Crippen LogP contribution in [0.25, 0.3) is 0 Å². The van der Waals surface area contributed by atoms with Gasteiger partial charge in [0.05, 0.1) is 19.8 Å². The van der Waals surface area contributed by atoms with E-state index in [9.17, 15) is 15.3 Å². The average molecular weight is 499 g/mol. The molecule has 0 aromatic rings. The summed E-state index contributed by atoms with van der Waals surface area (Å²) in [5.41, 5.74) is 0. The monoisotopic (exact) mass is 498 g/mol. The van der Waals surface area contributed by atoms with E-state index in [0.717, 1.165) is 13.1 Å². The zero-order valence-electron chi connectivity index (χ0n) is 22.6. The molecule has 0 saturated heterocycles. The second kappa shape index (κ2) is 30.7. The van der Waals surface area contributed by atoms with Gasteiger partial charge in [-0.1, -0.05) is 103 Å². The number of aliphatic hydroxyl groups is 3. The lowest BCUT2D eigenvalue weighted by Crippen LogP contribution is -2.45. The van der Waals surface area contributed by atoms with E-state index in [4.69, 9.17) is 0 Å². The predicted octanol–water partition coefficient (Wildman–Crippen LogP) is 5.52. The van der Waals surface area contributed by atoms with Gasteiger partial charge in [-0.2, -0.15) is 0 Å². The van der Waals surface area contributed by atoms with Gasteiger partial charge in [0.25, 0.3) is 0 Å². The van der Waals surface area contributed by atoms with Gasteiger partial charge in [0.1, 0.15) is 0 Å². The van der Waals surface area contributed by atoms with Crippen LogP contribution in [-0.2, 0) is 0 Å². The Morgan fingerprint density at radius 1 is 0.500 bits per heavy atom. The first-order valence-electron chi connectivity index (χ1n) is 14.0. The van der Waals surface area contributed by atoms with Crippen molar-refractivity contribution >= 4 is 0 Å². The molecule has 0 spiro atoms. The molecule has 0 aliphatic rings. The number of rotatable bonds is 26. The number of nitrogens with zero attached hydrogens (tertiary/aromatic N) is 2. The van der Waals surface area contributed by atoms with Gasteiger partial charge < -0.3 is 15.3 Å². The Balaban J connectivity index is -0.00000480. The maximum Gasteiger partial charge on any atom is 0.0558 e. The third-order valence-electron chi connectivity index (χ3n) is 6.66. The van der Waals surface area contributed by atoms with E-state index in [0.29, 0.717) is 19.6 Å². The summed E-state index contributed by atoms with van der Waals surface area (Å²) >= 11 is 0. The van der Waals surface area contributed by atoms with Crippen molar-refractivity contribution in [3.8, 4) is 0 Å². The molecule has 7 heteroatoms. The molecule has 3 N–H and O–H groups in total. The summed E-state index contributed by atoms with van der Waals surface area (Å²) in [6.07, 6.45) is 22.1. The Labute approximate surface area is 210 Å². The first-order chi connectivity index (χ1) is 15.7. The predicted molar refractivity (Wildman–Crippen MR) is 143 cm³/mol. The normalized spacial score (nSPS) is 12.1. The fourth-order valence-electron chi connectivity index (χ4n) is 4.62. The molecule has 5 nitrogen and oxygen atoms in total. The number of halogens is 2. The minimum Gasteiger partial charge on any atom is -0.395 e. The highest BCUT2D eigenvalue weighted by Crippen LogP contribution is 2.14. The highest BCUT2D eigenvalue weighted by molar-refractivity contribution is 4.72. The van der Waals surface area contributed by atoms with Gasteiger partial charge in [0.15, 0.2) is 0 Å². The minimum atomic E-state index is 0. The van der Waals surface area contributed by atoms with E-state index in [-0.39, 0.29) is 35.3 Å². The maximum absolute atomic E-state index is 9.39. The van der Waals surface area contributed by atoms with E-state index in [1.54, 1.807) is 0 Å². The van der Waals surface area contributed by atoms with Gasteiger partial charge in [-0.3, -0.25) is 19.2 Å². The van der Waals surface area contributed by atoms with E-state index >= 15 is 0 Å². The summed E-state index contributed by atoms with van der Waals surface area (Å²) in [7, 11) is 0. The van der Waals surface area contributed by atoms with E-state index in [2.05, 4.69) is 23.6 Å². The molecule has 0 aliphatic carbocycles. The molecule has 1 unspecified atom stereocenters. The second-order valence-corrected chi connectivity index (χ2v) is 9.66. The molecule has 0 rings (SSSR count). The zero-order valence-corrected chi connectivity index (χ0v) is 22.6. The highest BCUT2D eigenvalue weighted by Gasteiger charge is 2.16. The van der Waals surface area contributed by atoms with Crippen LogP contribution in [0.3, 0.4) is 0 Å². The van der Waals surface area contributed by atoms with Gasteiger partial charge in [0.2, 0.25) is 0 Å². The average Bonchev–Trinajstić information content (AvgIpc) is 2.78. The van der Waals surface area contributed by atoms with Crippen LogP contribution in [0, 0.1) is 0 Å². The summed E-state index contributed by atoms with van der Waals surface area (Å²) in [5.74, 6) is 0. The molecular weight excluding hydrogens is 438 g/mol. The molecule has 0 aromatic carbocycles. The summed E-state index contributed by atoms with van der Waals surface area (Å²) in [6.45, 7) is 8.62. The van der Waals surface area contributed by atoms with Gasteiger partial charge in [-0.15, -0.1) is 0 Å². The van der Waals surface area contributed by atoms with Crippen molar-refractivity contribution in [1.82, 2.24) is 9.80 Å². The summed E-state index contributed by atoms with van der Waals surface area (Å²) in [6, 6.07) is 0.266. The van der Waals surface area contributed by atoms with E-state index in [1.807, 2.05) is 0 Å². The largest absolute Gasteiger partial charge is 0.395 e. The number of hydrogen-bond acceptors (Lipinski definition) is 5. The molecule has 0 aliphatic heterocycles. The van der Waals surface area contributed by atoms with Gasteiger partial charge in [-0.05, 0) is 19.9 Å². The SMILES string of the molecule is CCCCCCCCCCCCCCCCCCN(CCO)CC(C)N(CCO)CCO.F.F. The molecule has 34 heavy (non-hydrogen) atoms. The van der Waals surface area contributed by atoms with E-state index < -0.39 is 0 Å².